The maximum Gasteiger partial charge on any atom is 0.239 e. The predicted molar refractivity (Wildman–Crippen MR) is 103 cm³/mol. The zero-order chi connectivity index (χ0) is 18.2. The average molecular weight is 361 g/mol. The number of hydrogen-bond donors (Lipinski definition) is 1. The molecule has 2 aromatic rings. The normalized spacial score (nSPS) is 18.7. The first kappa shape index (κ1) is 18.1. The van der Waals surface area contributed by atoms with Crippen LogP contribution < -0.4 is 5.32 Å². The first-order valence-electron chi connectivity index (χ1n) is 8.89. The standard InChI is InChI=1S/C19H28N4OS/c1-13-8-9-15(25-13)14-7-6-10-23(14)12-18(24)20-17-11-16(19(2,3)4)21-22(17)5/h8-9,11,14H,6-7,10,12H2,1-5H3,(H,20,24). The van der Waals surface area contributed by atoms with Crippen molar-refractivity contribution in [3.63, 3.8) is 0 Å². The average Bonchev–Trinajstić information content (AvgIpc) is 3.20. The maximum absolute atomic E-state index is 12.6. The van der Waals surface area contributed by atoms with E-state index < -0.39 is 0 Å². The van der Waals surface area contributed by atoms with Gasteiger partial charge < -0.3 is 5.32 Å². The summed E-state index contributed by atoms with van der Waals surface area (Å²) >= 11 is 1.84. The third-order valence-corrected chi connectivity index (χ3v) is 5.82. The molecular weight excluding hydrogens is 332 g/mol. The van der Waals surface area contributed by atoms with Crippen molar-refractivity contribution in [2.45, 2.75) is 52.0 Å². The summed E-state index contributed by atoms with van der Waals surface area (Å²) in [5.74, 6) is 0.793. The Morgan fingerprint density at radius 1 is 1.40 bits per heavy atom. The Morgan fingerprint density at radius 2 is 2.16 bits per heavy atom. The molecule has 1 N–H and O–H groups in total. The van der Waals surface area contributed by atoms with Gasteiger partial charge >= 0.3 is 0 Å². The Hall–Kier alpha value is -1.66. The lowest BCUT2D eigenvalue weighted by atomic mass is 9.92. The second-order valence-corrected chi connectivity index (χ2v) is 9.23. The molecule has 1 saturated heterocycles. The molecule has 0 spiro atoms. The van der Waals surface area contributed by atoms with Gasteiger partial charge in [-0.05, 0) is 38.4 Å². The molecular formula is C19H28N4OS. The van der Waals surface area contributed by atoms with E-state index in [1.807, 2.05) is 24.5 Å². The Labute approximate surface area is 154 Å². The van der Waals surface area contributed by atoms with Crippen molar-refractivity contribution in [3.05, 3.63) is 33.6 Å². The molecule has 1 unspecified atom stereocenters. The first-order valence-corrected chi connectivity index (χ1v) is 9.70. The van der Waals surface area contributed by atoms with E-state index in [2.05, 4.69) is 55.1 Å². The van der Waals surface area contributed by atoms with Gasteiger partial charge in [-0.3, -0.25) is 14.4 Å². The Balaban J connectivity index is 1.65. The third kappa shape index (κ3) is 4.12. The molecule has 0 saturated carbocycles. The number of hydrogen-bond acceptors (Lipinski definition) is 4. The van der Waals surface area contributed by atoms with Gasteiger partial charge in [0, 0.05) is 34.3 Å². The van der Waals surface area contributed by atoms with E-state index in [4.69, 9.17) is 0 Å². The molecule has 0 aliphatic carbocycles. The third-order valence-electron chi connectivity index (χ3n) is 4.72. The van der Waals surface area contributed by atoms with Crippen LogP contribution in [0.25, 0.3) is 0 Å². The molecule has 2 aromatic heterocycles. The zero-order valence-corrected chi connectivity index (χ0v) is 16.6. The lowest BCUT2D eigenvalue weighted by molar-refractivity contribution is -0.117. The number of carbonyl (C=O) groups is 1. The number of rotatable bonds is 4. The fourth-order valence-electron chi connectivity index (χ4n) is 3.29. The fourth-order valence-corrected chi connectivity index (χ4v) is 4.33. The van der Waals surface area contributed by atoms with Crippen LogP contribution in [-0.2, 0) is 17.3 Å². The van der Waals surface area contributed by atoms with E-state index in [0.29, 0.717) is 12.6 Å². The molecule has 0 radical (unpaired) electrons. The lowest BCUT2D eigenvalue weighted by Gasteiger charge is -2.22. The molecule has 25 heavy (non-hydrogen) atoms. The topological polar surface area (TPSA) is 50.2 Å². The van der Waals surface area contributed by atoms with Gasteiger partial charge in [0.05, 0.1) is 12.2 Å². The van der Waals surface area contributed by atoms with E-state index in [-0.39, 0.29) is 11.3 Å². The van der Waals surface area contributed by atoms with Gasteiger partial charge in [-0.25, -0.2) is 0 Å². The van der Waals surface area contributed by atoms with Gasteiger partial charge in [0.1, 0.15) is 5.82 Å². The van der Waals surface area contributed by atoms with Crippen LogP contribution in [0, 0.1) is 6.92 Å². The Kier molecular flexibility index (Phi) is 5.02. The molecule has 1 atom stereocenters. The van der Waals surface area contributed by atoms with Crippen molar-refractivity contribution in [1.29, 1.82) is 0 Å². The smallest absolute Gasteiger partial charge is 0.239 e. The van der Waals surface area contributed by atoms with Gasteiger partial charge in [0.25, 0.3) is 0 Å². The van der Waals surface area contributed by atoms with Crippen molar-refractivity contribution in [3.8, 4) is 0 Å². The largest absolute Gasteiger partial charge is 0.310 e. The molecule has 136 valence electrons. The number of likely N-dealkylation sites (tertiary alicyclic amines) is 1. The van der Waals surface area contributed by atoms with E-state index >= 15 is 0 Å². The molecule has 1 aliphatic rings. The van der Waals surface area contributed by atoms with Crippen molar-refractivity contribution in [2.24, 2.45) is 7.05 Å². The second kappa shape index (κ2) is 6.92. The van der Waals surface area contributed by atoms with Crippen LogP contribution >= 0.6 is 11.3 Å². The quantitative estimate of drug-likeness (QED) is 0.901. The number of nitrogens with zero attached hydrogens (tertiary/aromatic N) is 3. The van der Waals surface area contributed by atoms with E-state index in [1.54, 1.807) is 4.68 Å². The second-order valence-electron chi connectivity index (χ2n) is 7.91. The van der Waals surface area contributed by atoms with E-state index in [1.165, 1.54) is 9.75 Å². The minimum absolute atomic E-state index is 0.0299. The van der Waals surface area contributed by atoms with Crippen molar-refractivity contribution >= 4 is 23.1 Å². The van der Waals surface area contributed by atoms with Gasteiger partial charge in [-0.15, -0.1) is 11.3 Å². The highest BCUT2D eigenvalue weighted by Gasteiger charge is 2.29. The summed E-state index contributed by atoms with van der Waals surface area (Å²) in [4.78, 5) is 17.6. The summed E-state index contributed by atoms with van der Waals surface area (Å²) in [5.41, 5.74) is 0.955. The number of thiophene rings is 1. The number of nitrogens with one attached hydrogen (secondary N) is 1. The van der Waals surface area contributed by atoms with Crippen LogP contribution in [0.3, 0.4) is 0 Å². The van der Waals surface area contributed by atoms with Crippen molar-refractivity contribution in [1.82, 2.24) is 14.7 Å². The van der Waals surface area contributed by atoms with Gasteiger partial charge in [0.2, 0.25) is 5.91 Å². The van der Waals surface area contributed by atoms with E-state index in [0.717, 1.165) is 30.9 Å². The highest BCUT2D eigenvalue weighted by atomic mass is 32.1. The Morgan fingerprint density at radius 3 is 2.76 bits per heavy atom. The first-order chi connectivity index (χ1) is 11.7. The molecule has 5 nitrogen and oxygen atoms in total. The molecule has 0 aromatic carbocycles. The van der Waals surface area contributed by atoms with Crippen LogP contribution in [0.1, 0.15) is 55.1 Å². The molecule has 3 rings (SSSR count). The zero-order valence-electron chi connectivity index (χ0n) is 15.8. The molecule has 0 bridgehead atoms. The minimum atomic E-state index is -0.0299. The molecule has 1 aliphatic heterocycles. The summed E-state index contributed by atoms with van der Waals surface area (Å²) in [6.45, 7) is 9.91. The van der Waals surface area contributed by atoms with Crippen LogP contribution in [0.15, 0.2) is 18.2 Å². The maximum atomic E-state index is 12.6. The van der Waals surface area contributed by atoms with Crippen LogP contribution in [0.5, 0.6) is 0 Å². The van der Waals surface area contributed by atoms with Crippen LogP contribution in [-0.4, -0.2) is 33.7 Å². The monoisotopic (exact) mass is 360 g/mol. The SMILES string of the molecule is Cc1ccc(C2CCCN2CC(=O)Nc2cc(C(C)(C)C)nn2C)s1. The van der Waals surface area contributed by atoms with E-state index in [9.17, 15) is 4.79 Å². The number of aromatic nitrogens is 2. The van der Waals surface area contributed by atoms with Crippen molar-refractivity contribution < 1.29 is 4.79 Å². The highest BCUT2D eigenvalue weighted by Crippen LogP contribution is 2.35. The molecule has 3 heterocycles. The lowest BCUT2D eigenvalue weighted by Crippen LogP contribution is -2.33. The summed E-state index contributed by atoms with van der Waals surface area (Å²) in [7, 11) is 1.87. The summed E-state index contributed by atoms with van der Waals surface area (Å²) in [5, 5.41) is 7.55. The molecule has 1 fully saturated rings. The van der Waals surface area contributed by atoms with Crippen LogP contribution in [0.2, 0.25) is 0 Å². The summed E-state index contributed by atoms with van der Waals surface area (Å²) in [6.07, 6.45) is 2.28. The number of anilines is 1. The molecule has 6 heteroatoms. The van der Waals surface area contributed by atoms with Crippen LogP contribution in [0.4, 0.5) is 5.82 Å². The fraction of sp³-hybridized carbons (Fsp3) is 0.579. The number of amides is 1. The minimum Gasteiger partial charge on any atom is -0.310 e. The summed E-state index contributed by atoms with van der Waals surface area (Å²) in [6, 6.07) is 6.72. The molecule has 1 amide bonds. The van der Waals surface area contributed by atoms with Gasteiger partial charge in [0.15, 0.2) is 0 Å². The highest BCUT2D eigenvalue weighted by molar-refractivity contribution is 7.12. The Bertz CT molecular complexity index is 756. The number of aryl methyl sites for hydroxylation is 2. The number of carbonyl (C=O) groups excluding carboxylic acids is 1. The van der Waals surface area contributed by atoms with Gasteiger partial charge in [-0.2, -0.15) is 5.10 Å². The predicted octanol–water partition coefficient (Wildman–Crippen LogP) is 3.86. The van der Waals surface area contributed by atoms with Crippen molar-refractivity contribution in [2.75, 3.05) is 18.4 Å². The van der Waals surface area contributed by atoms with Gasteiger partial charge in [-0.1, -0.05) is 20.8 Å². The summed E-state index contributed by atoms with van der Waals surface area (Å²) < 4.78 is 1.75.